The van der Waals surface area contributed by atoms with Crippen LogP contribution in [0.4, 0.5) is 21.7 Å². The number of rotatable bonds is 2. The molecule has 1 aromatic heterocycles. The summed E-state index contributed by atoms with van der Waals surface area (Å²) in [5.41, 5.74) is -2.52. The minimum absolute atomic E-state index is 0.606. The summed E-state index contributed by atoms with van der Waals surface area (Å²) < 4.78 is 60.3. The van der Waals surface area contributed by atoms with Crippen LogP contribution in [0.25, 0.3) is 0 Å². The molecule has 0 aliphatic rings. The van der Waals surface area contributed by atoms with Crippen molar-refractivity contribution in [2.24, 2.45) is 0 Å². The molecule has 0 spiro atoms. The fourth-order valence-corrected chi connectivity index (χ4v) is 0.889. The Labute approximate surface area is 70.6 Å². The standard InChI is InChI=1S/C6H4BF5N/c8-6(9)5-4(7(10,11)12)2-1-3-13-5/h1-3,6H/q-1. The summed E-state index contributed by atoms with van der Waals surface area (Å²) in [6.07, 6.45) is -2.29. The smallest absolute Gasteiger partial charge is 0.445 e. The predicted molar refractivity (Wildman–Crippen MR) is 37.9 cm³/mol. The molecule has 0 radical (unpaired) electrons. The summed E-state index contributed by atoms with van der Waals surface area (Å²) in [4.78, 5) is 2.99. The van der Waals surface area contributed by atoms with Gasteiger partial charge in [0.1, 0.15) is 0 Å². The lowest BCUT2D eigenvalue weighted by Crippen LogP contribution is -2.37. The summed E-state index contributed by atoms with van der Waals surface area (Å²) >= 11 is 0. The van der Waals surface area contributed by atoms with Crippen molar-refractivity contribution in [1.29, 1.82) is 0 Å². The average molecular weight is 196 g/mol. The second-order valence-electron chi connectivity index (χ2n) is 2.35. The minimum Gasteiger partial charge on any atom is -0.445 e. The zero-order valence-electron chi connectivity index (χ0n) is 6.22. The van der Waals surface area contributed by atoms with Crippen LogP contribution in [0.2, 0.25) is 0 Å². The van der Waals surface area contributed by atoms with Crippen molar-refractivity contribution in [3.05, 3.63) is 24.0 Å². The number of alkyl halides is 2. The van der Waals surface area contributed by atoms with Crippen molar-refractivity contribution >= 4 is 12.4 Å². The molecular weight excluding hydrogens is 192 g/mol. The molecule has 0 saturated heterocycles. The van der Waals surface area contributed by atoms with E-state index < -0.39 is 24.6 Å². The van der Waals surface area contributed by atoms with Gasteiger partial charge in [0, 0.05) is 6.20 Å². The van der Waals surface area contributed by atoms with Gasteiger partial charge in [-0.05, 0) is 6.07 Å². The van der Waals surface area contributed by atoms with Crippen molar-refractivity contribution in [3.63, 3.8) is 0 Å². The molecule has 72 valence electrons. The van der Waals surface area contributed by atoms with Gasteiger partial charge in [-0.2, -0.15) is 0 Å². The monoisotopic (exact) mass is 196 g/mol. The van der Waals surface area contributed by atoms with Crippen molar-refractivity contribution in [2.45, 2.75) is 6.43 Å². The average Bonchev–Trinajstić information content (AvgIpc) is 2.03. The first kappa shape index (κ1) is 9.95. The number of hydrogen-bond acceptors (Lipinski definition) is 1. The predicted octanol–water partition coefficient (Wildman–Crippen LogP) is 2.07. The van der Waals surface area contributed by atoms with E-state index in [1.807, 2.05) is 0 Å². The summed E-state index contributed by atoms with van der Waals surface area (Å²) in [6.45, 7) is -5.41. The molecule has 1 nitrogen and oxygen atoms in total. The molecular formula is C6H4BF5N-. The van der Waals surface area contributed by atoms with Gasteiger partial charge in [0.2, 0.25) is 0 Å². The zero-order chi connectivity index (χ0) is 10.1. The lowest BCUT2D eigenvalue weighted by Gasteiger charge is -2.17. The third-order valence-corrected chi connectivity index (χ3v) is 1.43. The van der Waals surface area contributed by atoms with Crippen LogP contribution < -0.4 is 5.46 Å². The Morgan fingerprint density at radius 2 is 1.85 bits per heavy atom. The molecule has 0 unspecified atom stereocenters. The Morgan fingerprint density at radius 1 is 1.23 bits per heavy atom. The van der Waals surface area contributed by atoms with Crippen LogP contribution in [0.3, 0.4) is 0 Å². The van der Waals surface area contributed by atoms with E-state index in [4.69, 9.17) is 0 Å². The summed E-state index contributed by atoms with van der Waals surface area (Å²) in [5, 5.41) is 0. The van der Waals surface area contributed by atoms with Crippen molar-refractivity contribution < 1.29 is 21.7 Å². The molecule has 1 rings (SSSR count). The highest BCUT2D eigenvalue weighted by Gasteiger charge is 2.31. The number of hydrogen-bond donors (Lipinski definition) is 0. The second kappa shape index (κ2) is 3.31. The van der Waals surface area contributed by atoms with Crippen molar-refractivity contribution in [3.8, 4) is 0 Å². The van der Waals surface area contributed by atoms with E-state index in [2.05, 4.69) is 4.98 Å². The van der Waals surface area contributed by atoms with Gasteiger partial charge >= 0.3 is 6.98 Å². The van der Waals surface area contributed by atoms with E-state index in [0.717, 1.165) is 12.3 Å². The first-order valence-corrected chi connectivity index (χ1v) is 3.36. The van der Waals surface area contributed by atoms with E-state index in [0.29, 0.717) is 6.07 Å². The van der Waals surface area contributed by atoms with Crippen molar-refractivity contribution in [2.75, 3.05) is 0 Å². The molecule has 0 fully saturated rings. The van der Waals surface area contributed by atoms with Gasteiger partial charge in [0.15, 0.2) is 0 Å². The van der Waals surface area contributed by atoms with Gasteiger partial charge in [-0.15, -0.1) is 0 Å². The van der Waals surface area contributed by atoms with Crippen LogP contribution >= 0.6 is 0 Å². The number of aromatic nitrogens is 1. The van der Waals surface area contributed by atoms with E-state index in [1.165, 1.54) is 0 Å². The maximum absolute atomic E-state index is 12.1. The lowest BCUT2D eigenvalue weighted by molar-refractivity contribution is 0.147. The molecule has 13 heavy (non-hydrogen) atoms. The van der Waals surface area contributed by atoms with Crippen LogP contribution in [0.1, 0.15) is 12.1 Å². The molecule has 0 bridgehead atoms. The molecule has 1 aromatic rings. The minimum atomic E-state index is -5.41. The number of halogens is 5. The molecule has 1 heterocycles. The molecule has 0 N–H and O–H groups in total. The first-order chi connectivity index (χ1) is 5.93. The Kier molecular flexibility index (Phi) is 2.54. The van der Waals surface area contributed by atoms with Gasteiger partial charge in [0.25, 0.3) is 6.43 Å². The summed E-state index contributed by atoms with van der Waals surface area (Å²) in [6, 6.07) is 1.59. The Morgan fingerprint density at radius 3 is 2.23 bits per heavy atom. The van der Waals surface area contributed by atoms with Gasteiger partial charge < -0.3 is 12.9 Å². The topological polar surface area (TPSA) is 12.9 Å². The largest absolute Gasteiger partial charge is 0.511 e. The van der Waals surface area contributed by atoms with E-state index in [-0.39, 0.29) is 0 Å². The highest BCUT2D eigenvalue weighted by atomic mass is 19.4. The third kappa shape index (κ3) is 2.16. The molecule has 0 atom stereocenters. The summed E-state index contributed by atoms with van der Waals surface area (Å²) in [5.74, 6) is 0. The van der Waals surface area contributed by atoms with Crippen molar-refractivity contribution in [1.82, 2.24) is 4.98 Å². The van der Waals surface area contributed by atoms with E-state index in [1.54, 1.807) is 0 Å². The maximum Gasteiger partial charge on any atom is 0.511 e. The van der Waals surface area contributed by atoms with Crippen LogP contribution in [-0.2, 0) is 0 Å². The van der Waals surface area contributed by atoms with Gasteiger partial charge in [-0.1, -0.05) is 11.5 Å². The Hall–Kier alpha value is -1.14. The molecule has 7 heteroatoms. The fraction of sp³-hybridized carbons (Fsp3) is 0.167. The Balaban J connectivity index is 3.20. The normalized spacial score (nSPS) is 12.2. The van der Waals surface area contributed by atoms with Crippen LogP contribution in [-0.4, -0.2) is 12.0 Å². The number of nitrogens with zero attached hydrogens (tertiary/aromatic N) is 1. The molecule has 0 aliphatic heterocycles. The maximum atomic E-state index is 12.1. The lowest BCUT2D eigenvalue weighted by atomic mass is 9.79. The highest BCUT2D eigenvalue weighted by molar-refractivity contribution is 6.73. The zero-order valence-corrected chi connectivity index (χ0v) is 6.22. The Bertz CT molecular complexity index is 297. The third-order valence-electron chi connectivity index (χ3n) is 1.43. The van der Waals surface area contributed by atoms with E-state index >= 15 is 0 Å². The van der Waals surface area contributed by atoms with Crippen LogP contribution in [0, 0.1) is 0 Å². The van der Waals surface area contributed by atoms with Gasteiger partial charge in [-0.3, -0.25) is 4.98 Å². The first-order valence-electron chi connectivity index (χ1n) is 3.36. The number of pyridine rings is 1. The van der Waals surface area contributed by atoms with Crippen LogP contribution in [0.15, 0.2) is 18.3 Å². The quantitative estimate of drug-likeness (QED) is 0.521. The highest BCUT2D eigenvalue weighted by Crippen LogP contribution is 2.19. The molecule has 0 aromatic carbocycles. The molecule has 0 amide bonds. The fourth-order valence-electron chi connectivity index (χ4n) is 0.889. The summed E-state index contributed by atoms with van der Waals surface area (Å²) in [7, 11) is 0. The van der Waals surface area contributed by atoms with Gasteiger partial charge in [0.05, 0.1) is 5.69 Å². The van der Waals surface area contributed by atoms with Gasteiger partial charge in [-0.25, -0.2) is 8.78 Å². The molecule has 0 aliphatic carbocycles. The van der Waals surface area contributed by atoms with Crippen LogP contribution in [0.5, 0.6) is 0 Å². The SMILES string of the molecule is FC(F)c1ncccc1[B-](F)(F)F. The molecule has 0 saturated carbocycles. The van der Waals surface area contributed by atoms with E-state index in [9.17, 15) is 21.7 Å². The second-order valence-corrected chi connectivity index (χ2v) is 2.35.